The molecule has 2 N–H and O–H groups in total. The average Bonchev–Trinajstić information content (AvgIpc) is 2.20. The summed E-state index contributed by atoms with van der Waals surface area (Å²) in [5, 5.41) is 3.32. The quantitative estimate of drug-likeness (QED) is 0.669. The third-order valence-corrected chi connectivity index (χ3v) is 2.62. The zero-order chi connectivity index (χ0) is 9.10. The smallest absolute Gasteiger partial charge is 0.247 e. The van der Waals surface area contributed by atoms with E-state index in [2.05, 4.69) is 10.3 Å². The average molecular weight is 178 g/mol. The van der Waals surface area contributed by atoms with Gasteiger partial charge < -0.3 is 10.3 Å². The Hall–Kier alpha value is -1.09. The van der Waals surface area contributed by atoms with Gasteiger partial charge in [0.25, 0.3) is 0 Å². The van der Waals surface area contributed by atoms with Crippen molar-refractivity contribution in [2.75, 3.05) is 13.1 Å². The predicted octanol–water partition coefficient (Wildman–Crippen LogP) is 0.842. The van der Waals surface area contributed by atoms with Crippen LogP contribution in [0.1, 0.15) is 24.3 Å². The van der Waals surface area contributed by atoms with Gasteiger partial charge in [-0.15, -0.1) is 0 Å². The Morgan fingerprint density at radius 3 is 2.62 bits per heavy atom. The highest BCUT2D eigenvalue weighted by Crippen LogP contribution is 2.23. The number of nitrogens with one attached hydrogen (secondary N) is 2. The van der Waals surface area contributed by atoms with Crippen molar-refractivity contribution in [2.45, 2.75) is 18.8 Å². The van der Waals surface area contributed by atoms with Crippen molar-refractivity contribution in [3.05, 3.63) is 34.2 Å². The first-order chi connectivity index (χ1) is 6.36. The maximum absolute atomic E-state index is 10.8. The molecule has 1 aliphatic rings. The van der Waals surface area contributed by atoms with Crippen molar-refractivity contribution in [3.63, 3.8) is 0 Å². The van der Waals surface area contributed by atoms with Gasteiger partial charge in [0, 0.05) is 12.3 Å². The van der Waals surface area contributed by atoms with Gasteiger partial charge >= 0.3 is 0 Å². The SMILES string of the molecule is O=c1ccc(C2CCNCC2)c[nH]1. The molecule has 0 spiro atoms. The van der Waals surface area contributed by atoms with Gasteiger partial charge in [-0.25, -0.2) is 0 Å². The summed E-state index contributed by atoms with van der Waals surface area (Å²) in [6.45, 7) is 2.17. The predicted molar refractivity (Wildman–Crippen MR) is 51.9 cm³/mol. The van der Waals surface area contributed by atoms with Crippen LogP contribution in [0.25, 0.3) is 0 Å². The zero-order valence-electron chi connectivity index (χ0n) is 7.55. The van der Waals surface area contributed by atoms with E-state index in [1.807, 2.05) is 12.3 Å². The molecular formula is C10H14N2O. The Bertz CT molecular complexity index is 305. The van der Waals surface area contributed by atoms with E-state index in [-0.39, 0.29) is 5.56 Å². The van der Waals surface area contributed by atoms with Gasteiger partial charge in [-0.05, 0) is 37.4 Å². The first-order valence-corrected chi connectivity index (χ1v) is 4.75. The van der Waals surface area contributed by atoms with Gasteiger partial charge in [0.1, 0.15) is 0 Å². The summed E-state index contributed by atoms with van der Waals surface area (Å²) in [7, 11) is 0. The molecule has 0 bridgehead atoms. The van der Waals surface area contributed by atoms with Gasteiger partial charge in [-0.3, -0.25) is 4.79 Å². The molecule has 0 aromatic carbocycles. The van der Waals surface area contributed by atoms with E-state index in [1.54, 1.807) is 6.07 Å². The van der Waals surface area contributed by atoms with Crippen LogP contribution in [0.15, 0.2) is 23.1 Å². The summed E-state index contributed by atoms with van der Waals surface area (Å²) in [5.41, 5.74) is 1.25. The van der Waals surface area contributed by atoms with Crippen LogP contribution < -0.4 is 10.9 Å². The van der Waals surface area contributed by atoms with Crippen LogP contribution in [-0.4, -0.2) is 18.1 Å². The number of aromatic amines is 1. The molecule has 0 saturated carbocycles. The second kappa shape index (κ2) is 3.75. The first-order valence-electron chi connectivity index (χ1n) is 4.75. The minimum Gasteiger partial charge on any atom is -0.329 e. The monoisotopic (exact) mass is 178 g/mol. The van der Waals surface area contributed by atoms with E-state index in [0.29, 0.717) is 5.92 Å². The molecule has 0 aliphatic carbocycles. The van der Waals surface area contributed by atoms with Crippen LogP contribution in [0.2, 0.25) is 0 Å². The van der Waals surface area contributed by atoms with Crippen LogP contribution in [0.4, 0.5) is 0 Å². The minimum atomic E-state index is -0.0160. The molecular weight excluding hydrogens is 164 g/mol. The molecule has 13 heavy (non-hydrogen) atoms. The minimum absolute atomic E-state index is 0.0160. The van der Waals surface area contributed by atoms with Gasteiger partial charge in [0.05, 0.1) is 0 Å². The molecule has 0 radical (unpaired) electrons. The fraction of sp³-hybridized carbons (Fsp3) is 0.500. The lowest BCUT2D eigenvalue weighted by molar-refractivity contribution is 0.459. The summed E-state index contributed by atoms with van der Waals surface area (Å²) < 4.78 is 0. The van der Waals surface area contributed by atoms with Gasteiger partial charge in [-0.2, -0.15) is 0 Å². The largest absolute Gasteiger partial charge is 0.329 e. The van der Waals surface area contributed by atoms with Gasteiger partial charge in [0.15, 0.2) is 0 Å². The van der Waals surface area contributed by atoms with E-state index in [0.717, 1.165) is 13.1 Å². The third-order valence-electron chi connectivity index (χ3n) is 2.62. The van der Waals surface area contributed by atoms with Crippen molar-refractivity contribution in [1.82, 2.24) is 10.3 Å². The van der Waals surface area contributed by atoms with Gasteiger partial charge in [0.2, 0.25) is 5.56 Å². The summed E-state index contributed by atoms with van der Waals surface area (Å²) in [5.74, 6) is 0.623. The molecule has 1 aromatic heterocycles. The van der Waals surface area contributed by atoms with E-state index < -0.39 is 0 Å². The Morgan fingerprint density at radius 2 is 2.00 bits per heavy atom. The molecule has 70 valence electrons. The van der Waals surface area contributed by atoms with Crippen molar-refractivity contribution in [2.24, 2.45) is 0 Å². The Balaban J connectivity index is 2.14. The molecule has 1 aromatic rings. The molecule has 0 amide bonds. The standard InChI is InChI=1S/C10H14N2O/c13-10-2-1-9(7-12-10)8-3-5-11-6-4-8/h1-2,7-8,11H,3-6H2,(H,12,13). The number of hydrogen-bond donors (Lipinski definition) is 2. The number of aromatic nitrogens is 1. The fourth-order valence-electron chi connectivity index (χ4n) is 1.83. The van der Waals surface area contributed by atoms with E-state index in [9.17, 15) is 4.79 Å². The van der Waals surface area contributed by atoms with Crippen molar-refractivity contribution in [3.8, 4) is 0 Å². The highest BCUT2D eigenvalue weighted by Gasteiger charge is 2.14. The third kappa shape index (κ3) is 1.98. The molecule has 2 rings (SSSR count). The normalized spacial score (nSPS) is 18.8. The second-order valence-electron chi connectivity index (χ2n) is 3.51. The summed E-state index contributed by atoms with van der Waals surface area (Å²) in [4.78, 5) is 13.6. The lowest BCUT2D eigenvalue weighted by Crippen LogP contribution is -2.26. The molecule has 0 unspecified atom stereocenters. The van der Waals surface area contributed by atoms with Crippen LogP contribution >= 0.6 is 0 Å². The van der Waals surface area contributed by atoms with E-state index >= 15 is 0 Å². The number of rotatable bonds is 1. The van der Waals surface area contributed by atoms with Crippen LogP contribution in [0, 0.1) is 0 Å². The molecule has 1 aliphatic heterocycles. The molecule has 3 heteroatoms. The fourth-order valence-corrected chi connectivity index (χ4v) is 1.83. The molecule has 1 saturated heterocycles. The number of pyridine rings is 1. The zero-order valence-corrected chi connectivity index (χ0v) is 7.55. The van der Waals surface area contributed by atoms with Crippen molar-refractivity contribution < 1.29 is 0 Å². The second-order valence-corrected chi connectivity index (χ2v) is 3.51. The highest BCUT2D eigenvalue weighted by molar-refractivity contribution is 5.15. The van der Waals surface area contributed by atoms with Crippen molar-refractivity contribution >= 4 is 0 Å². The lowest BCUT2D eigenvalue weighted by Gasteiger charge is -2.22. The van der Waals surface area contributed by atoms with Gasteiger partial charge in [-0.1, -0.05) is 6.07 Å². The van der Waals surface area contributed by atoms with Crippen LogP contribution in [0.3, 0.4) is 0 Å². The van der Waals surface area contributed by atoms with E-state index in [1.165, 1.54) is 18.4 Å². The Kier molecular flexibility index (Phi) is 2.45. The number of piperidine rings is 1. The summed E-state index contributed by atoms with van der Waals surface area (Å²) in [6.07, 6.45) is 4.19. The lowest BCUT2D eigenvalue weighted by atomic mass is 9.91. The molecule has 0 atom stereocenters. The Labute approximate surface area is 77.2 Å². The molecule has 2 heterocycles. The maximum atomic E-state index is 10.8. The van der Waals surface area contributed by atoms with Crippen LogP contribution in [-0.2, 0) is 0 Å². The number of hydrogen-bond acceptors (Lipinski definition) is 2. The molecule has 1 fully saturated rings. The summed E-state index contributed by atoms with van der Waals surface area (Å²) >= 11 is 0. The highest BCUT2D eigenvalue weighted by atomic mass is 16.1. The summed E-state index contributed by atoms with van der Waals surface area (Å²) in [6, 6.07) is 3.55. The topological polar surface area (TPSA) is 44.9 Å². The van der Waals surface area contributed by atoms with Crippen LogP contribution in [0.5, 0.6) is 0 Å². The molecule has 3 nitrogen and oxygen atoms in total. The van der Waals surface area contributed by atoms with Crippen molar-refractivity contribution in [1.29, 1.82) is 0 Å². The Morgan fingerprint density at radius 1 is 1.23 bits per heavy atom. The first kappa shape index (κ1) is 8.51. The number of H-pyrrole nitrogens is 1. The maximum Gasteiger partial charge on any atom is 0.247 e. The van der Waals surface area contributed by atoms with E-state index in [4.69, 9.17) is 0 Å².